The van der Waals surface area contributed by atoms with Crippen LogP contribution in [0.2, 0.25) is 10.0 Å². The lowest BCUT2D eigenvalue weighted by molar-refractivity contribution is -0.0160. The van der Waals surface area contributed by atoms with Crippen molar-refractivity contribution in [2.75, 3.05) is 19.0 Å². The van der Waals surface area contributed by atoms with E-state index < -0.39 is 70.7 Å². The van der Waals surface area contributed by atoms with Crippen LogP contribution in [0.3, 0.4) is 0 Å². The third-order valence-corrected chi connectivity index (χ3v) is 8.86. The number of halogens is 2. The summed E-state index contributed by atoms with van der Waals surface area (Å²) < 4.78 is 98.3. The Kier molecular flexibility index (Phi) is 14.0. The molecule has 40 heavy (non-hydrogen) atoms. The molecule has 226 valence electrons. The standard InChI is InChI=1S/C23H31Cl2O12PS2/c1-17(34-14-18-2-6-20(24)7-3-18)13-36-38(26,27)37-16-22(35-15-19-4-8-21(25)9-5-19)12-23(40(31,32)33)10-11-39(28,29)30/h2-9,17,22-23H,10-16H2,1H3,(H,26,27)(H,28,29,30)(H,31,32,33). The van der Waals surface area contributed by atoms with Gasteiger partial charge in [0.15, 0.2) is 0 Å². The zero-order chi connectivity index (χ0) is 30.0. The molecule has 0 aromatic heterocycles. The quantitative estimate of drug-likeness (QED) is 0.150. The Labute approximate surface area is 243 Å². The van der Waals surface area contributed by atoms with Crippen molar-refractivity contribution in [1.82, 2.24) is 0 Å². The Morgan fingerprint density at radius 1 is 0.825 bits per heavy atom. The van der Waals surface area contributed by atoms with Crippen molar-refractivity contribution in [2.24, 2.45) is 0 Å². The number of phosphoric ester groups is 1. The van der Waals surface area contributed by atoms with Crippen LogP contribution in [0.25, 0.3) is 0 Å². The first-order valence-corrected chi connectivity index (χ1v) is 17.1. The second-order valence-corrected chi connectivity index (χ2v) is 14.4. The summed E-state index contributed by atoms with van der Waals surface area (Å²) in [6, 6.07) is 13.3. The van der Waals surface area contributed by atoms with Crippen LogP contribution in [-0.2, 0) is 56.5 Å². The molecule has 0 saturated heterocycles. The van der Waals surface area contributed by atoms with Crippen LogP contribution in [-0.4, -0.2) is 67.3 Å². The molecule has 2 aromatic rings. The van der Waals surface area contributed by atoms with E-state index in [9.17, 15) is 30.8 Å². The normalized spacial score (nSPS) is 16.2. The third-order valence-electron chi connectivity index (χ3n) is 5.39. The summed E-state index contributed by atoms with van der Waals surface area (Å²) in [4.78, 5) is 10.1. The summed E-state index contributed by atoms with van der Waals surface area (Å²) in [6.45, 7) is 0.728. The van der Waals surface area contributed by atoms with Gasteiger partial charge in [0, 0.05) is 10.0 Å². The molecule has 0 radical (unpaired) electrons. The number of benzene rings is 2. The van der Waals surface area contributed by atoms with Gasteiger partial charge in [-0.2, -0.15) is 16.8 Å². The smallest absolute Gasteiger partial charge is 0.371 e. The molecule has 0 aliphatic rings. The van der Waals surface area contributed by atoms with Gasteiger partial charge in [-0.25, -0.2) is 4.57 Å². The van der Waals surface area contributed by atoms with Crippen LogP contribution >= 0.6 is 31.0 Å². The molecule has 2 rings (SSSR count). The molecule has 0 heterocycles. The monoisotopic (exact) mass is 664 g/mol. The molecule has 4 unspecified atom stereocenters. The lowest BCUT2D eigenvalue weighted by atomic mass is 10.1. The molecule has 12 nitrogen and oxygen atoms in total. The minimum atomic E-state index is -4.79. The number of hydrogen-bond donors (Lipinski definition) is 3. The van der Waals surface area contributed by atoms with Crippen LogP contribution < -0.4 is 0 Å². The predicted octanol–water partition coefficient (Wildman–Crippen LogP) is 4.54. The van der Waals surface area contributed by atoms with E-state index in [-0.39, 0.29) is 19.8 Å². The van der Waals surface area contributed by atoms with Crippen molar-refractivity contribution in [3.63, 3.8) is 0 Å². The summed E-state index contributed by atoms with van der Waals surface area (Å²) in [5.74, 6) is -0.947. The second-order valence-electron chi connectivity index (χ2n) is 8.82. The Hall–Kier alpha value is -1.13. The highest BCUT2D eigenvalue weighted by molar-refractivity contribution is 7.87. The highest BCUT2D eigenvalue weighted by atomic mass is 35.5. The van der Waals surface area contributed by atoms with Gasteiger partial charge in [-0.15, -0.1) is 0 Å². The van der Waals surface area contributed by atoms with E-state index in [4.69, 9.17) is 46.3 Å². The highest BCUT2D eigenvalue weighted by Gasteiger charge is 2.31. The molecule has 0 aliphatic heterocycles. The minimum absolute atomic E-state index is 0.103. The maximum absolute atomic E-state index is 12.5. The third kappa shape index (κ3) is 14.7. The van der Waals surface area contributed by atoms with Crippen molar-refractivity contribution in [3.8, 4) is 0 Å². The summed E-state index contributed by atoms with van der Waals surface area (Å²) >= 11 is 11.7. The fourth-order valence-electron chi connectivity index (χ4n) is 3.22. The maximum Gasteiger partial charge on any atom is 0.472 e. The van der Waals surface area contributed by atoms with E-state index in [1.54, 1.807) is 55.5 Å². The van der Waals surface area contributed by atoms with Crippen LogP contribution in [0, 0.1) is 0 Å². The molecule has 0 saturated carbocycles. The topological polar surface area (TPSA) is 183 Å². The number of phosphoric acid groups is 1. The van der Waals surface area contributed by atoms with Gasteiger partial charge in [-0.1, -0.05) is 47.5 Å². The largest absolute Gasteiger partial charge is 0.472 e. The highest BCUT2D eigenvalue weighted by Crippen LogP contribution is 2.43. The van der Waals surface area contributed by atoms with Gasteiger partial charge in [0.1, 0.15) is 0 Å². The van der Waals surface area contributed by atoms with E-state index in [0.29, 0.717) is 15.6 Å². The Balaban J connectivity index is 2.00. The zero-order valence-electron chi connectivity index (χ0n) is 21.3. The van der Waals surface area contributed by atoms with E-state index in [2.05, 4.69) is 0 Å². The summed E-state index contributed by atoms with van der Waals surface area (Å²) in [5, 5.41) is -0.658. The maximum atomic E-state index is 12.5. The first-order chi connectivity index (χ1) is 18.5. The molecule has 17 heteroatoms. The number of ether oxygens (including phenoxy) is 2. The number of rotatable bonds is 18. The van der Waals surface area contributed by atoms with E-state index in [0.717, 1.165) is 5.56 Å². The van der Waals surface area contributed by atoms with Gasteiger partial charge < -0.3 is 14.4 Å². The molecular weight excluding hydrogens is 634 g/mol. The predicted molar refractivity (Wildman–Crippen MR) is 148 cm³/mol. The van der Waals surface area contributed by atoms with Crippen molar-refractivity contribution in [1.29, 1.82) is 0 Å². The van der Waals surface area contributed by atoms with Crippen molar-refractivity contribution >= 4 is 51.3 Å². The molecule has 0 aliphatic carbocycles. The Bertz CT molecular complexity index is 1320. The van der Waals surface area contributed by atoms with Crippen molar-refractivity contribution < 1.29 is 53.9 Å². The molecule has 0 bridgehead atoms. The first kappa shape index (κ1) is 35.1. The van der Waals surface area contributed by atoms with Gasteiger partial charge in [0.05, 0.1) is 49.6 Å². The van der Waals surface area contributed by atoms with Gasteiger partial charge in [0.25, 0.3) is 20.2 Å². The first-order valence-electron chi connectivity index (χ1n) is 11.8. The molecular formula is C23H31Cl2O12PS2. The average Bonchev–Trinajstić information content (AvgIpc) is 2.86. The Morgan fingerprint density at radius 2 is 1.30 bits per heavy atom. The lowest BCUT2D eigenvalue weighted by Crippen LogP contribution is -2.32. The Morgan fingerprint density at radius 3 is 1.77 bits per heavy atom. The van der Waals surface area contributed by atoms with Crippen LogP contribution in [0.4, 0.5) is 0 Å². The van der Waals surface area contributed by atoms with Gasteiger partial charge in [-0.05, 0) is 55.2 Å². The SMILES string of the molecule is CC(COP(=O)(O)OCC(CC(CCS(=O)(=O)O)S(=O)(=O)O)OCc1ccc(Cl)cc1)OCc1ccc(Cl)cc1. The lowest BCUT2D eigenvalue weighted by Gasteiger charge is -2.23. The summed E-state index contributed by atoms with van der Waals surface area (Å²) in [5.41, 5.74) is 1.44. The molecule has 3 N–H and O–H groups in total. The molecule has 0 fully saturated rings. The van der Waals surface area contributed by atoms with Crippen LogP contribution in [0.5, 0.6) is 0 Å². The minimum Gasteiger partial charge on any atom is -0.371 e. The number of hydrogen-bond acceptors (Lipinski definition) is 9. The van der Waals surface area contributed by atoms with Gasteiger partial charge in [-0.3, -0.25) is 18.2 Å². The van der Waals surface area contributed by atoms with Gasteiger partial charge >= 0.3 is 7.82 Å². The summed E-state index contributed by atoms with van der Waals surface area (Å²) in [6.07, 6.45) is -3.01. The zero-order valence-corrected chi connectivity index (χ0v) is 25.4. The molecule has 4 atom stereocenters. The molecule has 0 spiro atoms. The molecule has 2 aromatic carbocycles. The van der Waals surface area contributed by atoms with E-state index in [1.165, 1.54) is 0 Å². The second kappa shape index (κ2) is 15.9. The van der Waals surface area contributed by atoms with E-state index >= 15 is 0 Å². The van der Waals surface area contributed by atoms with Gasteiger partial charge in [0.2, 0.25) is 0 Å². The average molecular weight is 666 g/mol. The molecule has 0 amide bonds. The van der Waals surface area contributed by atoms with E-state index in [1.807, 2.05) is 0 Å². The fourth-order valence-corrected chi connectivity index (χ4v) is 5.91. The van der Waals surface area contributed by atoms with Crippen molar-refractivity contribution in [2.45, 2.75) is 50.4 Å². The summed E-state index contributed by atoms with van der Waals surface area (Å²) in [7, 11) is -14.0. The fraction of sp³-hybridized carbons (Fsp3) is 0.478. The van der Waals surface area contributed by atoms with Crippen LogP contribution in [0.1, 0.15) is 30.9 Å². The van der Waals surface area contributed by atoms with Crippen molar-refractivity contribution in [3.05, 3.63) is 69.7 Å². The van der Waals surface area contributed by atoms with Crippen LogP contribution in [0.15, 0.2) is 48.5 Å².